The molecule has 6 nitrogen and oxygen atoms in total. The number of aromatic nitrogens is 3. The van der Waals surface area contributed by atoms with Gasteiger partial charge < -0.3 is 10.3 Å². The maximum Gasteiger partial charge on any atom is 0.205 e. The van der Waals surface area contributed by atoms with Gasteiger partial charge in [-0.1, -0.05) is 36.4 Å². The van der Waals surface area contributed by atoms with Gasteiger partial charge in [0.25, 0.3) is 0 Å². The zero-order valence-corrected chi connectivity index (χ0v) is 18.0. The Morgan fingerprint density at radius 3 is 2.60 bits per heavy atom. The van der Waals surface area contributed by atoms with Crippen LogP contribution in [0, 0.1) is 6.92 Å². The first-order valence-electron chi connectivity index (χ1n) is 9.53. The third-order valence-corrected chi connectivity index (χ3v) is 6.00. The van der Waals surface area contributed by atoms with E-state index < -0.39 is 11.0 Å². The van der Waals surface area contributed by atoms with Gasteiger partial charge in [0.2, 0.25) is 5.95 Å². The van der Waals surface area contributed by atoms with Gasteiger partial charge in [-0.25, -0.2) is 14.2 Å². The fourth-order valence-electron chi connectivity index (χ4n) is 3.09. The van der Waals surface area contributed by atoms with Gasteiger partial charge in [0.15, 0.2) is 11.0 Å². The highest BCUT2D eigenvalue weighted by atomic mass is 32.2. The Morgan fingerprint density at radius 1 is 1.10 bits per heavy atom. The summed E-state index contributed by atoms with van der Waals surface area (Å²) < 4.78 is 14.6. The van der Waals surface area contributed by atoms with Crippen molar-refractivity contribution in [2.45, 2.75) is 18.7 Å². The van der Waals surface area contributed by atoms with Crippen LogP contribution < -0.4 is 9.62 Å². The van der Waals surface area contributed by atoms with Crippen molar-refractivity contribution in [3.8, 4) is 11.3 Å². The SMILES string of the molecule is C=C(C)Nc1nc2ccc(-c3cccc(N(C)S(=O)c4ccc(C)cc4)n3)cc2[nH]1. The van der Waals surface area contributed by atoms with Crippen molar-refractivity contribution in [3.05, 3.63) is 78.5 Å². The Labute approximate surface area is 178 Å². The second-order valence-corrected chi connectivity index (χ2v) is 8.68. The molecule has 30 heavy (non-hydrogen) atoms. The van der Waals surface area contributed by atoms with Gasteiger partial charge in [0, 0.05) is 18.3 Å². The van der Waals surface area contributed by atoms with Crippen LogP contribution in [0.15, 0.2) is 77.8 Å². The highest BCUT2D eigenvalue weighted by Crippen LogP contribution is 2.26. The first-order valence-corrected chi connectivity index (χ1v) is 10.6. The lowest BCUT2D eigenvalue weighted by molar-refractivity contribution is 0.681. The molecule has 0 saturated heterocycles. The molecule has 152 valence electrons. The van der Waals surface area contributed by atoms with Gasteiger partial charge in [-0.05, 0) is 50.2 Å². The van der Waals surface area contributed by atoms with Crippen molar-refractivity contribution in [1.82, 2.24) is 15.0 Å². The Balaban J connectivity index is 1.63. The normalized spacial score (nSPS) is 12.0. The minimum atomic E-state index is -1.34. The van der Waals surface area contributed by atoms with Crippen molar-refractivity contribution < 1.29 is 4.21 Å². The summed E-state index contributed by atoms with van der Waals surface area (Å²) in [7, 11) is 0.449. The molecule has 0 bridgehead atoms. The molecule has 0 aliphatic heterocycles. The maximum absolute atomic E-state index is 12.9. The molecule has 2 aromatic carbocycles. The second-order valence-electron chi connectivity index (χ2n) is 7.16. The summed E-state index contributed by atoms with van der Waals surface area (Å²) >= 11 is 0. The van der Waals surface area contributed by atoms with Crippen molar-refractivity contribution in [1.29, 1.82) is 0 Å². The third kappa shape index (κ3) is 4.11. The fourth-order valence-corrected chi connectivity index (χ4v) is 4.04. The monoisotopic (exact) mass is 417 g/mol. The number of aryl methyl sites for hydroxylation is 1. The number of nitrogens with one attached hydrogen (secondary N) is 2. The smallest absolute Gasteiger partial charge is 0.205 e. The lowest BCUT2D eigenvalue weighted by Crippen LogP contribution is -2.21. The van der Waals surface area contributed by atoms with Crippen LogP contribution in [0.25, 0.3) is 22.3 Å². The number of pyridine rings is 1. The number of benzene rings is 2. The van der Waals surface area contributed by atoms with Gasteiger partial charge in [-0.3, -0.25) is 4.31 Å². The van der Waals surface area contributed by atoms with Gasteiger partial charge in [0.1, 0.15) is 5.82 Å². The van der Waals surface area contributed by atoms with E-state index >= 15 is 0 Å². The summed E-state index contributed by atoms with van der Waals surface area (Å²) in [5.41, 5.74) is 5.45. The van der Waals surface area contributed by atoms with E-state index in [0.29, 0.717) is 11.8 Å². The van der Waals surface area contributed by atoms with Crippen LogP contribution in [0.2, 0.25) is 0 Å². The predicted octanol–water partition coefficient (Wildman–Crippen LogP) is 5.04. The molecule has 1 atom stereocenters. The number of aromatic amines is 1. The molecular weight excluding hydrogens is 394 g/mol. The number of nitrogens with zero attached hydrogens (tertiary/aromatic N) is 3. The minimum absolute atomic E-state index is 0.640. The van der Waals surface area contributed by atoms with Gasteiger partial charge in [-0.2, -0.15) is 0 Å². The number of anilines is 2. The fraction of sp³-hybridized carbons (Fsp3) is 0.130. The van der Waals surface area contributed by atoms with Crippen molar-refractivity contribution in [2.24, 2.45) is 0 Å². The van der Waals surface area contributed by atoms with E-state index in [9.17, 15) is 4.21 Å². The minimum Gasteiger partial charge on any atom is -0.330 e. The number of rotatable bonds is 6. The van der Waals surface area contributed by atoms with E-state index in [0.717, 1.165) is 38.4 Å². The van der Waals surface area contributed by atoms with Crippen molar-refractivity contribution in [2.75, 3.05) is 16.7 Å². The van der Waals surface area contributed by atoms with Crippen LogP contribution in [0.1, 0.15) is 12.5 Å². The van der Waals surface area contributed by atoms with Crippen molar-refractivity contribution >= 4 is 33.8 Å². The lowest BCUT2D eigenvalue weighted by atomic mass is 10.1. The van der Waals surface area contributed by atoms with E-state index in [2.05, 4.69) is 21.9 Å². The molecule has 0 amide bonds. The maximum atomic E-state index is 12.9. The first kappa shape index (κ1) is 19.8. The molecule has 2 heterocycles. The molecule has 1 unspecified atom stereocenters. The first-order chi connectivity index (χ1) is 14.4. The molecule has 2 aromatic heterocycles. The zero-order chi connectivity index (χ0) is 21.3. The predicted molar refractivity (Wildman–Crippen MR) is 124 cm³/mol. The average molecular weight is 418 g/mol. The molecule has 0 radical (unpaired) electrons. The zero-order valence-electron chi connectivity index (χ0n) is 17.1. The van der Waals surface area contributed by atoms with E-state index in [1.807, 2.05) is 74.5 Å². The molecule has 0 aliphatic carbocycles. The van der Waals surface area contributed by atoms with E-state index in [4.69, 9.17) is 4.98 Å². The summed E-state index contributed by atoms with van der Waals surface area (Å²) in [4.78, 5) is 13.2. The van der Waals surface area contributed by atoms with Gasteiger partial charge >= 0.3 is 0 Å². The van der Waals surface area contributed by atoms with Crippen LogP contribution >= 0.6 is 0 Å². The summed E-state index contributed by atoms with van der Waals surface area (Å²) in [5.74, 6) is 1.30. The van der Waals surface area contributed by atoms with Crippen LogP contribution in [0.3, 0.4) is 0 Å². The number of imidazole rings is 1. The quantitative estimate of drug-likeness (QED) is 0.461. The average Bonchev–Trinajstić information content (AvgIpc) is 3.14. The molecule has 0 spiro atoms. The topological polar surface area (TPSA) is 73.9 Å². The van der Waals surface area contributed by atoms with Crippen LogP contribution in [-0.4, -0.2) is 26.2 Å². The van der Waals surface area contributed by atoms with E-state index in [1.54, 1.807) is 11.4 Å². The molecule has 0 aliphatic rings. The highest BCUT2D eigenvalue weighted by Gasteiger charge is 2.14. The number of hydrogen-bond acceptors (Lipinski definition) is 4. The lowest BCUT2D eigenvalue weighted by Gasteiger charge is -2.18. The molecule has 2 N–H and O–H groups in total. The highest BCUT2D eigenvalue weighted by molar-refractivity contribution is 7.86. The molecule has 0 saturated carbocycles. The number of allylic oxidation sites excluding steroid dienone is 1. The van der Waals surface area contributed by atoms with E-state index in [-0.39, 0.29) is 0 Å². The Kier molecular flexibility index (Phi) is 5.37. The van der Waals surface area contributed by atoms with Crippen LogP contribution in [-0.2, 0) is 11.0 Å². The Morgan fingerprint density at radius 2 is 1.87 bits per heavy atom. The summed E-state index contributed by atoms with van der Waals surface area (Å²) in [6.07, 6.45) is 0. The number of fused-ring (bicyclic) bond motifs is 1. The number of hydrogen-bond donors (Lipinski definition) is 2. The Bertz CT molecular complexity index is 1250. The van der Waals surface area contributed by atoms with Gasteiger partial charge in [-0.15, -0.1) is 0 Å². The van der Waals surface area contributed by atoms with Crippen LogP contribution in [0.4, 0.5) is 11.8 Å². The molecule has 4 aromatic rings. The largest absolute Gasteiger partial charge is 0.330 e. The van der Waals surface area contributed by atoms with E-state index in [1.165, 1.54) is 0 Å². The summed E-state index contributed by atoms with van der Waals surface area (Å²) in [6, 6.07) is 19.4. The number of H-pyrrole nitrogens is 1. The standard InChI is InChI=1S/C23H23N5OS/c1-15(2)24-23-26-20-13-10-17(14-21(20)27-23)19-6-5-7-22(25-19)28(4)30(29)18-11-8-16(3)9-12-18/h5-14H,1H2,2-4H3,(H2,24,26,27). The Hall–Kier alpha value is -3.45. The second kappa shape index (κ2) is 8.12. The molecule has 0 fully saturated rings. The van der Waals surface area contributed by atoms with Crippen LogP contribution in [0.5, 0.6) is 0 Å². The van der Waals surface area contributed by atoms with Gasteiger partial charge in [0.05, 0.1) is 21.6 Å². The summed E-state index contributed by atoms with van der Waals surface area (Å²) in [5, 5.41) is 3.09. The molecule has 4 rings (SSSR count). The molecule has 7 heteroatoms. The molecular formula is C23H23N5OS. The van der Waals surface area contributed by atoms with Crippen molar-refractivity contribution in [3.63, 3.8) is 0 Å². The third-order valence-electron chi connectivity index (χ3n) is 4.64. The summed E-state index contributed by atoms with van der Waals surface area (Å²) in [6.45, 7) is 7.73.